The van der Waals surface area contributed by atoms with E-state index in [1.807, 2.05) is 18.2 Å². The van der Waals surface area contributed by atoms with E-state index in [4.69, 9.17) is 0 Å². The summed E-state index contributed by atoms with van der Waals surface area (Å²) in [4.78, 5) is 6.54. The Hall–Kier alpha value is -0.830. The number of rotatable bonds is 4. The minimum Gasteiger partial charge on any atom is -0.350 e. The van der Waals surface area contributed by atoms with Gasteiger partial charge in [0.25, 0.3) is 0 Å². The van der Waals surface area contributed by atoms with Gasteiger partial charge in [0.05, 0.1) is 4.47 Å². The minimum absolute atomic E-state index is 0.416. The standard InChI is InChI=1S/C11H15BrN2/c1-4-8-14(9(2)3)11-10(12)6-5-7-13-11/h4-7,9H,1,8H2,2-3H3. The van der Waals surface area contributed by atoms with Gasteiger partial charge in [0.15, 0.2) is 0 Å². The van der Waals surface area contributed by atoms with E-state index in [0.717, 1.165) is 16.8 Å². The molecule has 0 saturated carbocycles. The molecule has 0 aliphatic rings. The lowest BCUT2D eigenvalue weighted by Gasteiger charge is -2.27. The van der Waals surface area contributed by atoms with E-state index in [1.165, 1.54) is 0 Å². The number of hydrogen-bond acceptors (Lipinski definition) is 2. The van der Waals surface area contributed by atoms with E-state index in [1.54, 1.807) is 6.20 Å². The maximum Gasteiger partial charge on any atom is 0.143 e. The third kappa shape index (κ3) is 2.58. The van der Waals surface area contributed by atoms with Crippen molar-refractivity contribution in [3.63, 3.8) is 0 Å². The molecule has 1 rings (SSSR count). The molecule has 0 spiro atoms. The van der Waals surface area contributed by atoms with Gasteiger partial charge in [-0.2, -0.15) is 0 Å². The van der Waals surface area contributed by atoms with Crippen molar-refractivity contribution in [2.45, 2.75) is 19.9 Å². The van der Waals surface area contributed by atoms with Crippen LogP contribution in [0, 0.1) is 0 Å². The Morgan fingerprint density at radius 1 is 1.64 bits per heavy atom. The van der Waals surface area contributed by atoms with Crippen molar-refractivity contribution in [2.24, 2.45) is 0 Å². The van der Waals surface area contributed by atoms with Gasteiger partial charge in [-0.25, -0.2) is 4.98 Å². The van der Waals surface area contributed by atoms with Crippen LogP contribution in [0.1, 0.15) is 13.8 Å². The highest BCUT2D eigenvalue weighted by atomic mass is 79.9. The monoisotopic (exact) mass is 254 g/mol. The summed E-state index contributed by atoms with van der Waals surface area (Å²) < 4.78 is 1.02. The lowest BCUT2D eigenvalue weighted by Crippen LogP contribution is -2.31. The summed E-state index contributed by atoms with van der Waals surface area (Å²) in [5.74, 6) is 0.974. The van der Waals surface area contributed by atoms with Crippen molar-refractivity contribution in [3.8, 4) is 0 Å². The zero-order valence-electron chi connectivity index (χ0n) is 8.57. The number of pyridine rings is 1. The summed E-state index contributed by atoms with van der Waals surface area (Å²) in [7, 11) is 0. The maximum absolute atomic E-state index is 4.35. The summed E-state index contributed by atoms with van der Waals surface area (Å²) >= 11 is 3.50. The Bertz CT molecular complexity index is 310. The molecule has 0 aliphatic carbocycles. The molecule has 0 unspecified atom stereocenters. The number of aromatic nitrogens is 1. The van der Waals surface area contributed by atoms with Crippen molar-refractivity contribution in [3.05, 3.63) is 35.5 Å². The second kappa shape index (κ2) is 5.15. The minimum atomic E-state index is 0.416. The molecule has 1 aromatic heterocycles. The number of hydrogen-bond donors (Lipinski definition) is 0. The van der Waals surface area contributed by atoms with E-state index in [2.05, 4.69) is 46.2 Å². The van der Waals surface area contributed by atoms with Gasteiger partial charge >= 0.3 is 0 Å². The van der Waals surface area contributed by atoms with Crippen LogP contribution in [0.2, 0.25) is 0 Å². The molecule has 3 heteroatoms. The fourth-order valence-corrected chi connectivity index (χ4v) is 1.75. The van der Waals surface area contributed by atoms with Gasteiger partial charge < -0.3 is 4.90 Å². The molecule has 0 bridgehead atoms. The van der Waals surface area contributed by atoms with Crippen molar-refractivity contribution in [2.75, 3.05) is 11.4 Å². The van der Waals surface area contributed by atoms with Crippen molar-refractivity contribution in [1.29, 1.82) is 0 Å². The predicted octanol–water partition coefficient (Wildman–Crippen LogP) is 3.24. The fraction of sp³-hybridized carbons (Fsp3) is 0.364. The molecule has 1 aromatic rings. The third-order valence-corrected chi connectivity index (χ3v) is 2.58. The number of anilines is 1. The second-order valence-electron chi connectivity index (χ2n) is 3.34. The fourth-order valence-electron chi connectivity index (χ4n) is 1.27. The van der Waals surface area contributed by atoms with Crippen LogP contribution in [-0.2, 0) is 0 Å². The van der Waals surface area contributed by atoms with Gasteiger partial charge in [0, 0.05) is 18.8 Å². The van der Waals surface area contributed by atoms with Gasteiger partial charge in [0.2, 0.25) is 0 Å². The van der Waals surface area contributed by atoms with E-state index >= 15 is 0 Å². The lowest BCUT2D eigenvalue weighted by atomic mass is 10.3. The predicted molar refractivity (Wildman–Crippen MR) is 64.6 cm³/mol. The molecule has 2 nitrogen and oxygen atoms in total. The molecule has 0 saturated heterocycles. The zero-order valence-corrected chi connectivity index (χ0v) is 10.2. The molecule has 1 heterocycles. The summed E-state index contributed by atoms with van der Waals surface area (Å²) in [6, 6.07) is 4.33. The van der Waals surface area contributed by atoms with Crippen LogP contribution in [0.3, 0.4) is 0 Å². The summed E-state index contributed by atoms with van der Waals surface area (Å²) in [6.07, 6.45) is 3.69. The Kier molecular flexibility index (Phi) is 4.14. The molecular weight excluding hydrogens is 240 g/mol. The summed E-state index contributed by atoms with van der Waals surface area (Å²) in [5.41, 5.74) is 0. The van der Waals surface area contributed by atoms with Crippen molar-refractivity contribution < 1.29 is 0 Å². The maximum atomic E-state index is 4.35. The van der Waals surface area contributed by atoms with Gasteiger partial charge in [-0.15, -0.1) is 6.58 Å². The normalized spacial score (nSPS) is 10.3. The quantitative estimate of drug-likeness (QED) is 0.768. The van der Waals surface area contributed by atoms with Crippen molar-refractivity contribution in [1.82, 2.24) is 4.98 Å². The van der Waals surface area contributed by atoms with Gasteiger partial charge in [-0.1, -0.05) is 6.08 Å². The highest BCUT2D eigenvalue weighted by Crippen LogP contribution is 2.24. The molecule has 76 valence electrons. The summed E-state index contributed by atoms with van der Waals surface area (Å²) in [6.45, 7) is 8.85. The lowest BCUT2D eigenvalue weighted by molar-refractivity contribution is 0.711. The first kappa shape index (κ1) is 11.2. The first-order valence-electron chi connectivity index (χ1n) is 4.65. The number of halogens is 1. The molecule has 0 aromatic carbocycles. The van der Waals surface area contributed by atoms with Gasteiger partial charge in [0.1, 0.15) is 5.82 Å². The first-order valence-corrected chi connectivity index (χ1v) is 5.44. The van der Waals surface area contributed by atoms with Crippen LogP contribution < -0.4 is 4.90 Å². The van der Waals surface area contributed by atoms with Crippen LogP contribution in [-0.4, -0.2) is 17.6 Å². The molecule has 0 fully saturated rings. The van der Waals surface area contributed by atoms with E-state index in [0.29, 0.717) is 6.04 Å². The Morgan fingerprint density at radius 2 is 2.36 bits per heavy atom. The van der Waals surface area contributed by atoms with Crippen LogP contribution in [0.15, 0.2) is 35.5 Å². The van der Waals surface area contributed by atoms with Gasteiger partial charge in [-0.05, 0) is 41.9 Å². The van der Waals surface area contributed by atoms with Crippen molar-refractivity contribution >= 4 is 21.7 Å². The van der Waals surface area contributed by atoms with Crippen LogP contribution >= 0.6 is 15.9 Å². The van der Waals surface area contributed by atoms with Gasteiger partial charge in [-0.3, -0.25) is 0 Å². The largest absolute Gasteiger partial charge is 0.350 e. The number of nitrogens with zero attached hydrogens (tertiary/aromatic N) is 2. The van der Waals surface area contributed by atoms with E-state index in [9.17, 15) is 0 Å². The second-order valence-corrected chi connectivity index (χ2v) is 4.20. The van der Waals surface area contributed by atoms with Crippen LogP contribution in [0.5, 0.6) is 0 Å². The Balaban J connectivity index is 2.98. The smallest absolute Gasteiger partial charge is 0.143 e. The molecule has 0 amide bonds. The molecule has 0 N–H and O–H groups in total. The molecular formula is C11H15BrN2. The topological polar surface area (TPSA) is 16.1 Å². The molecule has 0 atom stereocenters. The van der Waals surface area contributed by atoms with E-state index in [-0.39, 0.29) is 0 Å². The molecule has 14 heavy (non-hydrogen) atoms. The van der Waals surface area contributed by atoms with Crippen LogP contribution in [0.25, 0.3) is 0 Å². The van der Waals surface area contributed by atoms with E-state index < -0.39 is 0 Å². The third-order valence-electron chi connectivity index (χ3n) is 1.96. The Morgan fingerprint density at radius 3 is 2.86 bits per heavy atom. The Labute approximate surface area is 93.8 Å². The highest BCUT2D eigenvalue weighted by molar-refractivity contribution is 9.10. The average molecular weight is 255 g/mol. The summed E-state index contributed by atoms with van der Waals surface area (Å²) in [5, 5.41) is 0. The zero-order chi connectivity index (χ0) is 10.6. The average Bonchev–Trinajstić information content (AvgIpc) is 2.15. The highest BCUT2D eigenvalue weighted by Gasteiger charge is 2.12. The van der Waals surface area contributed by atoms with Crippen LogP contribution in [0.4, 0.5) is 5.82 Å². The molecule has 0 radical (unpaired) electrons. The first-order chi connectivity index (χ1) is 6.66. The molecule has 0 aliphatic heterocycles. The SMILES string of the molecule is C=CCN(c1ncccc1Br)C(C)C.